The molecule has 4 heterocycles. The molecule has 0 radical (unpaired) electrons. The zero-order valence-corrected chi connectivity index (χ0v) is 73.8. The van der Waals surface area contributed by atoms with E-state index in [1.807, 2.05) is 24.3 Å². The number of benzene rings is 20. The van der Waals surface area contributed by atoms with E-state index in [4.69, 9.17) is 38.7 Å². The number of hydrogen-bond acceptors (Lipinski definition) is 8. The number of hydrogen-bond donors (Lipinski definition) is 0. The summed E-state index contributed by atoms with van der Waals surface area (Å²) in [4.78, 5) is 31.2. The van der Waals surface area contributed by atoms with Crippen molar-refractivity contribution >= 4 is 43.9 Å². The molecule has 0 spiro atoms. The fourth-order valence-corrected chi connectivity index (χ4v) is 20.9. The smallest absolute Gasteiger partial charge is 0.164 e. The minimum Gasteiger partial charge on any atom is -0.456 e. The summed E-state index contributed by atoms with van der Waals surface area (Å²) >= 11 is 0. The van der Waals surface area contributed by atoms with Crippen molar-refractivity contribution in [1.82, 2.24) is 29.9 Å². The highest BCUT2D eigenvalue weighted by molar-refractivity contribution is 6.09. The molecule has 636 valence electrons. The van der Waals surface area contributed by atoms with E-state index < -0.39 is 10.8 Å². The molecule has 136 heavy (non-hydrogen) atoms. The van der Waals surface area contributed by atoms with Crippen LogP contribution >= 0.6 is 0 Å². The molecule has 0 fully saturated rings. The maximum atomic E-state index is 6.92. The molecule has 20 aromatic carbocycles. The number of aromatic nitrogens is 6. The lowest BCUT2D eigenvalue weighted by molar-refractivity contribution is 0.665. The van der Waals surface area contributed by atoms with Crippen LogP contribution in [0.5, 0.6) is 0 Å². The molecule has 0 atom stereocenters. The van der Waals surface area contributed by atoms with Crippen LogP contribution in [0.1, 0.15) is 44.5 Å². The summed E-state index contributed by atoms with van der Waals surface area (Å²) in [5.41, 5.74) is 35.8. The van der Waals surface area contributed by atoms with E-state index in [1.54, 1.807) is 0 Å². The normalized spacial score (nSPS) is 12.5. The zero-order chi connectivity index (χ0) is 90.0. The first-order valence-electron chi connectivity index (χ1n) is 46.2. The van der Waals surface area contributed by atoms with E-state index in [-0.39, 0.29) is 0 Å². The van der Waals surface area contributed by atoms with Gasteiger partial charge in [0, 0.05) is 54.9 Å². The van der Waals surface area contributed by atoms with Gasteiger partial charge in [-0.1, -0.05) is 455 Å². The van der Waals surface area contributed by atoms with Crippen LogP contribution in [0.2, 0.25) is 0 Å². The molecule has 0 N–H and O–H groups in total. The van der Waals surface area contributed by atoms with Crippen LogP contribution in [0, 0.1) is 0 Å². The summed E-state index contributed by atoms with van der Waals surface area (Å²) in [5, 5.41) is 4.29. The molecule has 24 aromatic rings. The molecular formula is C128H82N6O2. The van der Waals surface area contributed by atoms with E-state index >= 15 is 0 Å². The zero-order valence-electron chi connectivity index (χ0n) is 73.8. The first kappa shape index (κ1) is 80.1. The molecule has 8 heteroatoms. The Morgan fingerprint density at radius 3 is 0.699 bits per heavy atom. The van der Waals surface area contributed by atoms with Crippen molar-refractivity contribution in [3.05, 3.63) is 542 Å². The fourth-order valence-electron chi connectivity index (χ4n) is 20.9. The van der Waals surface area contributed by atoms with Crippen molar-refractivity contribution in [2.24, 2.45) is 0 Å². The van der Waals surface area contributed by atoms with Gasteiger partial charge in [-0.2, -0.15) is 0 Å². The van der Waals surface area contributed by atoms with Crippen LogP contribution in [0.15, 0.2) is 506 Å². The van der Waals surface area contributed by atoms with Crippen LogP contribution in [0.25, 0.3) is 201 Å². The highest BCUT2D eigenvalue weighted by Gasteiger charge is 2.48. The highest BCUT2D eigenvalue weighted by atomic mass is 16.3. The van der Waals surface area contributed by atoms with Crippen molar-refractivity contribution in [3.63, 3.8) is 0 Å². The number of rotatable bonds is 16. The van der Waals surface area contributed by atoms with Crippen LogP contribution < -0.4 is 0 Å². The molecular weight excluding hydrogens is 1650 g/mol. The van der Waals surface area contributed by atoms with Gasteiger partial charge in [0.1, 0.15) is 22.3 Å². The van der Waals surface area contributed by atoms with Gasteiger partial charge >= 0.3 is 0 Å². The molecule has 0 saturated carbocycles. The molecule has 0 saturated heterocycles. The summed E-state index contributed by atoms with van der Waals surface area (Å²) in [7, 11) is 0. The fraction of sp³-hybridized carbons (Fsp3) is 0.0156. The molecule has 8 nitrogen and oxygen atoms in total. The highest BCUT2D eigenvalue weighted by Crippen LogP contribution is 2.59. The van der Waals surface area contributed by atoms with Crippen LogP contribution in [0.3, 0.4) is 0 Å². The van der Waals surface area contributed by atoms with Crippen molar-refractivity contribution in [1.29, 1.82) is 0 Å². The lowest BCUT2D eigenvalue weighted by atomic mass is 9.67. The summed E-state index contributed by atoms with van der Waals surface area (Å²) in [6.45, 7) is 0. The predicted molar refractivity (Wildman–Crippen MR) is 554 cm³/mol. The molecule has 0 bridgehead atoms. The van der Waals surface area contributed by atoms with Gasteiger partial charge in [-0.25, -0.2) is 29.9 Å². The maximum absolute atomic E-state index is 6.92. The Hall–Kier alpha value is -18.0. The van der Waals surface area contributed by atoms with Crippen molar-refractivity contribution < 1.29 is 8.83 Å². The topological polar surface area (TPSA) is 104 Å². The summed E-state index contributed by atoms with van der Waals surface area (Å²) in [5.74, 6) is 3.61. The Balaban J connectivity index is 0.000000145. The number of nitrogens with zero attached hydrogens (tertiary/aromatic N) is 6. The summed E-state index contributed by atoms with van der Waals surface area (Å²) in [6, 6.07) is 176. The monoisotopic (exact) mass is 1730 g/mol. The lowest BCUT2D eigenvalue weighted by Crippen LogP contribution is -2.28. The Kier molecular flexibility index (Phi) is 19.9. The van der Waals surface area contributed by atoms with Gasteiger partial charge in [0.2, 0.25) is 0 Å². The SMILES string of the molecule is c1ccc(-c2ccc(-c3nc(-c4ccc(-c5ccccc5)cc4)nc(-c4ccccc4-c4ccc5c(c4)oc4cc(C6(c7ccccc7)c7ccccc7-c7ccccc76)ccc45)n3)cc2)cc1.c1ccc(-c2ccc(-c3nc(-c4cccc(-c5ccccc5)c4)nc(-c4ccccc4-c4ccc5c(c4)oc4cc(C6(c7ccccc7)c7ccccc7-c7ccccc76)ccc45)n3)cc2)cc1. The summed E-state index contributed by atoms with van der Waals surface area (Å²) < 4.78 is 13.8. The van der Waals surface area contributed by atoms with E-state index in [0.717, 1.165) is 144 Å². The second-order valence-electron chi connectivity index (χ2n) is 34.9. The second kappa shape index (κ2) is 33.8. The summed E-state index contributed by atoms with van der Waals surface area (Å²) in [6.07, 6.45) is 0. The van der Waals surface area contributed by atoms with E-state index in [0.29, 0.717) is 34.9 Å². The number of furan rings is 2. The molecule has 2 aliphatic carbocycles. The minimum absolute atomic E-state index is 0.512. The first-order chi connectivity index (χ1) is 67.4. The van der Waals surface area contributed by atoms with Gasteiger partial charge < -0.3 is 8.83 Å². The Labute approximate surface area is 787 Å². The van der Waals surface area contributed by atoms with Gasteiger partial charge in [0.15, 0.2) is 34.9 Å². The van der Waals surface area contributed by atoms with E-state index in [1.165, 1.54) is 66.8 Å². The molecule has 26 rings (SSSR count). The van der Waals surface area contributed by atoms with Gasteiger partial charge in [-0.3, -0.25) is 0 Å². The Morgan fingerprint density at radius 2 is 0.360 bits per heavy atom. The molecule has 0 unspecified atom stereocenters. The Bertz CT molecular complexity index is 8490. The van der Waals surface area contributed by atoms with Crippen molar-refractivity contribution in [2.45, 2.75) is 10.8 Å². The van der Waals surface area contributed by atoms with Gasteiger partial charge in [0.25, 0.3) is 0 Å². The molecule has 4 aromatic heterocycles. The van der Waals surface area contributed by atoms with Crippen molar-refractivity contribution in [2.75, 3.05) is 0 Å². The third-order valence-corrected chi connectivity index (χ3v) is 27.3. The largest absolute Gasteiger partial charge is 0.456 e. The predicted octanol–water partition coefficient (Wildman–Crippen LogP) is 32.3. The third-order valence-electron chi connectivity index (χ3n) is 27.3. The molecule has 2 aliphatic rings. The average molecular weight is 1740 g/mol. The number of fused-ring (bicyclic) bond motifs is 12. The quantitative estimate of drug-likeness (QED) is 0.0942. The van der Waals surface area contributed by atoms with Crippen LogP contribution in [-0.2, 0) is 10.8 Å². The standard InChI is InChI=1S/2C64H41N3O/c1-4-17-42(18-5-1)44-31-33-45(34-32-44)61-65-62(48-22-16-21-46(39-48)43-19-6-2-7-20-43)67-63(66-61)56-28-11-10-25-51(56)47-35-37-54-55-38-36-50(41-60(55)68-59(54)40-47)64(49-23-8-3-9-24-49)57-29-14-12-26-52(57)53-27-13-15-30-58(53)64;1-4-16-42(17-5-1)44-28-32-46(33-29-44)61-65-62(47-34-30-45(31-35-47)43-18-6-2-7-19-43)67-63(66-61)56-25-11-10-22-51(56)48-36-38-54-55-39-37-50(41-60(55)68-59(54)40-48)64(49-20-8-3-9-21-49)57-26-14-12-23-52(57)53-24-13-15-27-58(53)64/h2*1-41H. The van der Waals surface area contributed by atoms with Gasteiger partial charge in [-0.05, 0) is 176 Å². The van der Waals surface area contributed by atoms with Crippen LogP contribution in [-0.4, -0.2) is 29.9 Å². The second-order valence-corrected chi connectivity index (χ2v) is 34.9. The maximum Gasteiger partial charge on any atom is 0.164 e. The minimum atomic E-state index is -0.513. The average Bonchev–Trinajstić information content (AvgIpc) is 1.54. The van der Waals surface area contributed by atoms with E-state index in [9.17, 15) is 0 Å². The third kappa shape index (κ3) is 13.9. The van der Waals surface area contributed by atoms with Crippen LogP contribution in [0.4, 0.5) is 0 Å². The van der Waals surface area contributed by atoms with Gasteiger partial charge in [-0.15, -0.1) is 0 Å². The molecule has 0 aliphatic heterocycles. The lowest BCUT2D eigenvalue weighted by Gasteiger charge is -2.33. The van der Waals surface area contributed by atoms with Crippen molar-refractivity contribution in [3.8, 4) is 157 Å². The van der Waals surface area contributed by atoms with Gasteiger partial charge in [0.05, 0.1) is 10.8 Å². The first-order valence-corrected chi connectivity index (χ1v) is 46.2. The molecule has 0 amide bonds. The Morgan fingerprint density at radius 1 is 0.132 bits per heavy atom. The van der Waals surface area contributed by atoms with E-state index in [2.05, 4.69) is 473 Å².